The van der Waals surface area contributed by atoms with E-state index in [1.807, 2.05) is 86.6 Å². The monoisotopic (exact) mass is 463 g/mol. The second-order valence-electron chi connectivity index (χ2n) is 9.24. The molecular weight excluding hydrogens is 438 g/mol. The number of nitrogens with zero attached hydrogens (tertiary/aromatic N) is 3. The first-order valence-electron chi connectivity index (χ1n) is 11.6. The standard InChI is InChI=1S/C29H25N3O3/c1-17-9-13-19(14-10-17)24-23-25(30(3)29(34)31(4)28(23)33)26-27(20-15-11-18(2)12-16-20)35-22-8-6-5-7-21(22)32(24)26/h5-16,27H,1-4H3/t27-/m0/s1. The lowest BCUT2D eigenvalue weighted by Gasteiger charge is -2.30. The van der Waals surface area contributed by atoms with Gasteiger partial charge in [0.2, 0.25) is 0 Å². The number of aromatic nitrogens is 3. The number of rotatable bonds is 2. The average molecular weight is 464 g/mol. The summed E-state index contributed by atoms with van der Waals surface area (Å²) < 4.78 is 11.4. The molecule has 0 amide bonds. The van der Waals surface area contributed by atoms with Crippen LogP contribution in [0.25, 0.3) is 27.8 Å². The number of para-hydroxylation sites is 2. The summed E-state index contributed by atoms with van der Waals surface area (Å²) in [5.74, 6) is 0.723. The molecule has 1 atom stereocenters. The van der Waals surface area contributed by atoms with Crippen LogP contribution in [0.5, 0.6) is 5.75 Å². The van der Waals surface area contributed by atoms with E-state index in [0.29, 0.717) is 10.9 Å². The molecule has 2 aromatic heterocycles. The highest BCUT2D eigenvalue weighted by Crippen LogP contribution is 2.46. The quantitative estimate of drug-likeness (QED) is 0.378. The van der Waals surface area contributed by atoms with E-state index >= 15 is 0 Å². The molecule has 0 saturated heterocycles. The van der Waals surface area contributed by atoms with Gasteiger partial charge < -0.3 is 9.30 Å². The highest BCUT2D eigenvalue weighted by Gasteiger charge is 2.36. The first-order valence-corrected chi connectivity index (χ1v) is 11.6. The lowest BCUT2D eigenvalue weighted by molar-refractivity contribution is 0.229. The van der Waals surface area contributed by atoms with Crippen molar-refractivity contribution in [2.45, 2.75) is 20.0 Å². The lowest BCUT2D eigenvalue weighted by Crippen LogP contribution is -2.37. The molecule has 5 aromatic rings. The third-order valence-corrected chi connectivity index (χ3v) is 6.91. The minimum absolute atomic E-state index is 0.319. The zero-order chi connectivity index (χ0) is 24.4. The average Bonchev–Trinajstić information content (AvgIpc) is 3.23. The molecule has 3 aromatic carbocycles. The van der Waals surface area contributed by atoms with Crippen molar-refractivity contribution in [3.05, 3.63) is 116 Å². The molecule has 1 aliphatic rings. The van der Waals surface area contributed by atoms with E-state index < -0.39 is 6.10 Å². The molecule has 0 spiro atoms. The van der Waals surface area contributed by atoms with Crippen LogP contribution in [0.1, 0.15) is 28.5 Å². The van der Waals surface area contributed by atoms with Gasteiger partial charge in [0, 0.05) is 14.1 Å². The number of ether oxygens (including phenoxy) is 1. The molecule has 6 rings (SSSR count). The van der Waals surface area contributed by atoms with E-state index in [9.17, 15) is 9.59 Å². The van der Waals surface area contributed by atoms with Gasteiger partial charge in [-0.15, -0.1) is 0 Å². The Hall–Kier alpha value is -4.32. The van der Waals surface area contributed by atoms with Gasteiger partial charge in [-0.3, -0.25) is 13.9 Å². The maximum Gasteiger partial charge on any atom is 0.331 e. The summed E-state index contributed by atoms with van der Waals surface area (Å²) in [6, 6.07) is 24.2. The van der Waals surface area contributed by atoms with Gasteiger partial charge in [-0.2, -0.15) is 0 Å². The van der Waals surface area contributed by atoms with E-state index in [4.69, 9.17) is 4.74 Å². The Morgan fingerprint density at radius 2 is 1.40 bits per heavy atom. The van der Waals surface area contributed by atoms with Gasteiger partial charge in [-0.05, 0) is 37.1 Å². The van der Waals surface area contributed by atoms with E-state index in [1.165, 1.54) is 11.6 Å². The largest absolute Gasteiger partial charge is 0.477 e. The summed E-state index contributed by atoms with van der Waals surface area (Å²) in [5.41, 5.74) is 6.41. The molecule has 0 N–H and O–H groups in total. The van der Waals surface area contributed by atoms with Crippen LogP contribution in [0.15, 0.2) is 82.4 Å². The van der Waals surface area contributed by atoms with E-state index in [0.717, 1.165) is 45.1 Å². The van der Waals surface area contributed by atoms with Crippen molar-refractivity contribution in [1.29, 1.82) is 0 Å². The fourth-order valence-corrected chi connectivity index (χ4v) is 5.06. The fourth-order valence-electron chi connectivity index (χ4n) is 5.06. The smallest absolute Gasteiger partial charge is 0.331 e. The third-order valence-electron chi connectivity index (χ3n) is 6.91. The van der Waals surface area contributed by atoms with Gasteiger partial charge in [0.1, 0.15) is 5.75 Å². The Morgan fingerprint density at radius 1 is 0.771 bits per heavy atom. The Bertz CT molecular complexity index is 1740. The van der Waals surface area contributed by atoms with Crippen LogP contribution >= 0.6 is 0 Å². The molecule has 3 heterocycles. The number of hydrogen-bond acceptors (Lipinski definition) is 3. The maximum absolute atomic E-state index is 13.7. The summed E-state index contributed by atoms with van der Waals surface area (Å²) in [5, 5.41) is 0.505. The van der Waals surface area contributed by atoms with Crippen molar-refractivity contribution in [3.8, 4) is 22.7 Å². The van der Waals surface area contributed by atoms with Crippen molar-refractivity contribution < 1.29 is 4.74 Å². The van der Waals surface area contributed by atoms with Crippen LogP contribution in [0.4, 0.5) is 0 Å². The van der Waals surface area contributed by atoms with Gasteiger partial charge in [-0.1, -0.05) is 71.8 Å². The number of aryl methyl sites for hydroxylation is 3. The van der Waals surface area contributed by atoms with E-state index in [-0.39, 0.29) is 11.2 Å². The number of benzene rings is 3. The Balaban J connectivity index is 1.85. The zero-order valence-corrected chi connectivity index (χ0v) is 20.1. The summed E-state index contributed by atoms with van der Waals surface area (Å²) in [7, 11) is 3.25. The van der Waals surface area contributed by atoms with Gasteiger partial charge in [-0.25, -0.2) is 4.79 Å². The normalized spacial score (nSPS) is 14.5. The van der Waals surface area contributed by atoms with Crippen LogP contribution in [0.2, 0.25) is 0 Å². The van der Waals surface area contributed by atoms with E-state index in [2.05, 4.69) is 4.57 Å². The minimum atomic E-state index is -0.495. The molecule has 0 fully saturated rings. The summed E-state index contributed by atoms with van der Waals surface area (Å²) >= 11 is 0. The first-order chi connectivity index (χ1) is 16.9. The molecule has 0 unspecified atom stereocenters. The molecule has 174 valence electrons. The van der Waals surface area contributed by atoms with Crippen LogP contribution in [-0.4, -0.2) is 13.7 Å². The highest BCUT2D eigenvalue weighted by atomic mass is 16.5. The van der Waals surface area contributed by atoms with Crippen molar-refractivity contribution >= 4 is 10.9 Å². The molecule has 0 bridgehead atoms. The van der Waals surface area contributed by atoms with Crippen LogP contribution in [0.3, 0.4) is 0 Å². The van der Waals surface area contributed by atoms with Gasteiger partial charge >= 0.3 is 5.69 Å². The van der Waals surface area contributed by atoms with Crippen molar-refractivity contribution in [1.82, 2.24) is 13.7 Å². The molecule has 35 heavy (non-hydrogen) atoms. The van der Waals surface area contributed by atoms with Crippen molar-refractivity contribution in [3.63, 3.8) is 0 Å². The maximum atomic E-state index is 13.7. The minimum Gasteiger partial charge on any atom is -0.477 e. The Kier molecular flexibility index (Phi) is 4.61. The second kappa shape index (κ2) is 7.60. The van der Waals surface area contributed by atoms with Crippen molar-refractivity contribution in [2.75, 3.05) is 0 Å². The SMILES string of the molecule is Cc1ccc(-c2c3c(=O)n(C)c(=O)n(C)c3c3n2-c2ccccc2O[C@H]3c2ccc(C)cc2)cc1. The Morgan fingerprint density at radius 3 is 2.09 bits per heavy atom. The summed E-state index contributed by atoms with van der Waals surface area (Å²) in [4.78, 5) is 26.8. The Labute approximate surface area is 202 Å². The highest BCUT2D eigenvalue weighted by molar-refractivity contribution is 5.98. The second-order valence-corrected chi connectivity index (χ2v) is 9.24. The number of fused-ring (bicyclic) bond motifs is 5. The van der Waals surface area contributed by atoms with Crippen molar-refractivity contribution in [2.24, 2.45) is 14.1 Å². The number of hydrogen-bond donors (Lipinski definition) is 0. The van der Waals surface area contributed by atoms with E-state index in [1.54, 1.807) is 11.6 Å². The predicted molar refractivity (Wildman–Crippen MR) is 138 cm³/mol. The molecule has 6 nitrogen and oxygen atoms in total. The topological polar surface area (TPSA) is 58.2 Å². The summed E-state index contributed by atoms with van der Waals surface area (Å²) in [6.45, 7) is 4.08. The lowest BCUT2D eigenvalue weighted by atomic mass is 10.0. The molecule has 0 radical (unpaired) electrons. The predicted octanol–water partition coefficient (Wildman–Crippen LogP) is 4.79. The molecule has 6 heteroatoms. The van der Waals surface area contributed by atoms with Crippen LogP contribution < -0.4 is 16.0 Å². The van der Waals surface area contributed by atoms with Gasteiger partial charge in [0.15, 0.2) is 6.10 Å². The van der Waals surface area contributed by atoms with Gasteiger partial charge in [0.25, 0.3) is 5.56 Å². The first kappa shape index (κ1) is 21.2. The third kappa shape index (κ3) is 3.03. The van der Waals surface area contributed by atoms with Crippen LogP contribution in [-0.2, 0) is 14.1 Å². The zero-order valence-electron chi connectivity index (χ0n) is 20.1. The molecule has 1 aliphatic heterocycles. The van der Waals surface area contributed by atoms with Gasteiger partial charge in [0.05, 0.1) is 28.0 Å². The molecule has 0 saturated carbocycles. The summed E-state index contributed by atoms with van der Waals surface area (Å²) in [6.07, 6.45) is -0.495. The molecular formula is C29H25N3O3. The molecule has 0 aliphatic carbocycles. The fraction of sp³-hybridized carbons (Fsp3) is 0.172. The van der Waals surface area contributed by atoms with Crippen LogP contribution in [0, 0.1) is 13.8 Å².